The lowest BCUT2D eigenvalue weighted by Gasteiger charge is -2.10. The number of aryl methyl sites for hydroxylation is 1. The molecule has 0 atom stereocenters. The second kappa shape index (κ2) is 9.34. The minimum Gasteiger partial charge on any atom is -0.493 e. The van der Waals surface area contributed by atoms with Crippen molar-refractivity contribution in [3.63, 3.8) is 0 Å². The highest BCUT2D eigenvalue weighted by Gasteiger charge is 2.14. The van der Waals surface area contributed by atoms with Crippen molar-refractivity contribution < 1.29 is 14.3 Å². The summed E-state index contributed by atoms with van der Waals surface area (Å²) in [7, 11) is 1.57. The molecule has 6 nitrogen and oxygen atoms in total. The fourth-order valence-corrected chi connectivity index (χ4v) is 3.69. The predicted octanol–water partition coefficient (Wildman–Crippen LogP) is 4.06. The number of thiazole rings is 1. The number of anilines is 1. The van der Waals surface area contributed by atoms with Crippen LogP contribution in [0.25, 0.3) is 10.6 Å². The smallest absolute Gasteiger partial charge is 0.251 e. The summed E-state index contributed by atoms with van der Waals surface area (Å²) in [6.45, 7) is 4.40. The number of carbonyl (C=O) groups excluding carboxylic acids is 2. The number of carbonyl (C=O) groups is 2. The van der Waals surface area contributed by atoms with E-state index in [1.807, 2.05) is 49.6 Å². The molecule has 0 spiro atoms. The predicted molar refractivity (Wildman–Crippen MR) is 116 cm³/mol. The van der Waals surface area contributed by atoms with Crippen molar-refractivity contribution in [1.29, 1.82) is 0 Å². The molecule has 0 bridgehead atoms. The fraction of sp³-hybridized carbons (Fsp3) is 0.227. The Morgan fingerprint density at radius 3 is 2.72 bits per heavy atom. The molecule has 0 aliphatic rings. The van der Waals surface area contributed by atoms with Gasteiger partial charge in [-0.3, -0.25) is 9.59 Å². The summed E-state index contributed by atoms with van der Waals surface area (Å²) in [5.41, 5.74) is 3.61. The molecule has 2 amide bonds. The van der Waals surface area contributed by atoms with Crippen LogP contribution in [-0.2, 0) is 11.2 Å². The first-order chi connectivity index (χ1) is 14.0. The fourth-order valence-electron chi connectivity index (χ4n) is 2.84. The maximum absolute atomic E-state index is 12.5. The first-order valence-electron chi connectivity index (χ1n) is 9.31. The van der Waals surface area contributed by atoms with Crippen LogP contribution in [0.5, 0.6) is 5.75 Å². The number of benzene rings is 2. The molecular formula is C22H23N3O3S. The van der Waals surface area contributed by atoms with Crippen LogP contribution in [0, 0.1) is 6.92 Å². The van der Waals surface area contributed by atoms with Crippen LogP contribution < -0.4 is 15.4 Å². The van der Waals surface area contributed by atoms with Crippen LogP contribution in [0.4, 0.5) is 5.69 Å². The zero-order valence-electron chi connectivity index (χ0n) is 16.6. The number of amides is 2. The number of aromatic nitrogens is 1. The standard InChI is InChI=1S/C22H23N3O3S/c1-4-28-19-8-6-5-7-17(19)22-24-16(13-29-22)12-20(26)25-18-11-15(21(27)23-3)10-9-14(18)2/h5-11,13H,4,12H2,1-3H3,(H,23,27)(H,25,26). The molecule has 0 aliphatic heterocycles. The summed E-state index contributed by atoms with van der Waals surface area (Å²) in [6, 6.07) is 12.9. The average Bonchev–Trinajstić information content (AvgIpc) is 3.17. The number of rotatable bonds is 7. The van der Waals surface area contributed by atoms with E-state index in [-0.39, 0.29) is 18.2 Å². The summed E-state index contributed by atoms with van der Waals surface area (Å²) in [5.74, 6) is 0.400. The molecule has 0 fully saturated rings. The van der Waals surface area contributed by atoms with Gasteiger partial charge in [0.25, 0.3) is 5.91 Å². The number of nitrogens with one attached hydrogen (secondary N) is 2. The molecule has 2 aromatic carbocycles. The number of hydrogen-bond donors (Lipinski definition) is 2. The SMILES string of the molecule is CCOc1ccccc1-c1nc(CC(=O)Nc2cc(C(=O)NC)ccc2C)cs1. The van der Waals surface area contributed by atoms with Gasteiger partial charge in [0.2, 0.25) is 5.91 Å². The minimum absolute atomic E-state index is 0.150. The zero-order chi connectivity index (χ0) is 20.8. The van der Waals surface area contributed by atoms with Crippen LogP contribution >= 0.6 is 11.3 Å². The third kappa shape index (κ3) is 5.00. The van der Waals surface area contributed by atoms with Crippen molar-refractivity contribution >= 4 is 28.8 Å². The molecule has 29 heavy (non-hydrogen) atoms. The summed E-state index contributed by atoms with van der Waals surface area (Å²) in [6.07, 6.45) is 0.150. The first-order valence-corrected chi connectivity index (χ1v) is 10.2. The highest BCUT2D eigenvalue weighted by Crippen LogP contribution is 2.32. The van der Waals surface area contributed by atoms with Crippen LogP contribution in [0.1, 0.15) is 28.5 Å². The van der Waals surface area contributed by atoms with Gasteiger partial charge in [0.15, 0.2) is 0 Å². The lowest BCUT2D eigenvalue weighted by Crippen LogP contribution is -2.19. The molecule has 1 heterocycles. The monoisotopic (exact) mass is 409 g/mol. The van der Waals surface area contributed by atoms with Crippen molar-refractivity contribution in [3.05, 3.63) is 64.7 Å². The van der Waals surface area contributed by atoms with Gasteiger partial charge in [0.05, 0.1) is 24.3 Å². The van der Waals surface area contributed by atoms with Crippen LogP contribution in [0.3, 0.4) is 0 Å². The largest absolute Gasteiger partial charge is 0.493 e. The second-order valence-corrected chi connectivity index (χ2v) is 7.27. The van der Waals surface area contributed by atoms with Crippen LogP contribution in [0.15, 0.2) is 47.8 Å². The lowest BCUT2D eigenvalue weighted by atomic mass is 10.1. The Morgan fingerprint density at radius 1 is 1.17 bits per heavy atom. The average molecular weight is 410 g/mol. The number of hydrogen-bond acceptors (Lipinski definition) is 5. The van der Waals surface area contributed by atoms with Gasteiger partial charge >= 0.3 is 0 Å². The Bertz CT molecular complexity index is 1030. The summed E-state index contributed by atoms with van der Waals surface area (Å²) in [4.78, 5) is 29.0. The lowest BCUT2D eigenvalue weighted by molar-refractivity contribution is -0.115. The van der Waals surface area contributed by atoms with E-state index in [4.69, 9.17) is 4.74 Å². The van der Waals surface area contributed by atoms with Gasteiger partial charge < -0.3 is 15.4 Å². The van der Waals surface area contributed by atoms with Crippen molar-refractivity contribution in [3.8, 4) is 16.3 Å². The number of para-hydroxylation sites is 1. The first kappa shape index (κ1) is 20.5. The van der Waals surface area contributed by atoms with Crippen LogP contribution in [-0.4, -0.2) is 30.5 Å². The van der Waals surface area contributed by atoms with Gasteiger partial charge in [-0.25, -0.2) is 4.98 Å². The van der Waals surface area contributed by atoms with Gasteiger partial charge in [0.1, 0.15) is 10.8 Å². The molecule has 1 aromatic heterocycles. The minimum atomic E-state index is -0.197. The van der Waals surface area contributed by atoms with Gasteiger partial charge in [-0.05, 0) is 43.7 Å². The van der Waals surface area contributed by atoms with E-state index in [0.29, 0.717) is 23.6 Å². The molecule has 0 saturated heterocycles. The van der Waals surface area contributed by atoms with E-state index in [2.05, 4.69) is 15.6 Å². The van der Waals surface area contributed by atoms with Crippen molar-refractivity contribution in [2.24, 2.45) is 0 Å². The van der Waals surface area contributed by atoms with Crippen LogP contribution in [0.2, 0.25) is 0 Å². The van der Waals surface area contributed by atoms with E-state index in [9.17, 15) is 9.59 Å². The van der Waals surface area contributed by atoms with Crippen molar-refractivity contribution in [2.45, 2.75) is 20.3 Å². The maximum atomic E-state index is 12.5. The van der Waals surface area contributed by atoms with Crippen molar-refractivity contribution in [2.75, 3.05) is 19.0 Å². The Balaban J connectivity index is 1.72. The van der Waals surface area contributed by atoms with E-state index in [0.717, 1.165) is 21.9 Å². The van der Waals surface area contributed by atoms with Gasteiger partial charge in [0, 0.05) is 23.7 Å². The maximum Gasteiger partial charge on any atom is 0.251 e. The van der Waals surface area contributed by atoms with E-state index in [1.165, 1.54) is 11.3 Å². The number of nitrogens with zero attached hydrogens (tertiary/aromatic N) is 1. The summed E-state index contributed by atoms with van der Waals surface area (Å²) < 4.78 is 5.67. The molecule has 0 aliphatic carbocycles. The summed E-state index contributed by atoms with van der Waals surface area (Å²) >= 11 is 1.48. The molecule has 3 rings (SSSR count). The highest BCUT2D eigenvalue weighted by atomic mass is 32.1. The quantitative estimate of drug-likeness (QED) is 0.617. The Labute approximate surface area is 173 Å². The molecule has 0 unspecified atom stereocenters. The van der Waals surface area contributed by atoms with E-state index < -0.39 is 0 Å². The van der Waals surface area contributed by atoms with Gasteiger partial charge in [-0.2, -0.15) is 0 Å². The molecule has 3 aromatic rings. The van der Waals surface area contributed by atoms with Crippen molar-refractivity contribution in [1.82, 2.24) is 10.3 Å². The Hall–Kier alpha value is -3.19. The van der Waals surface area contributed by atoms with E-state index in [1.54, 1.807) is 19.2 Å². The topological polar surface area (TPSA) is 80.3 Å². The molecule has 7 heteroatoms. The molecule has 2 N–H and O–H groups in total. The highest BCUT2D eigenvalue weighted by molar-refractivity contribution is 7.13. The molecular weight excluding hydrogens is 386 g/mol. The zero-order valence-corrected chi connectivity index (χ0v) is 17.4. The Morgan fingerprint density at radius 2 is 1.97 bits per heavy atom. The molecule has 150 valence electrons. The molecule has 0 radical (unpaired) electrons. The second-order valence-electron chi connectivity index (χ2n) is 6.41. The Kier molecular flexibility index (Phi) is 6.61. The van der Waals surface area contributed by atoms with Gasteiger partial charge in [-0.15, -0.1) is 11.3 Å². The third-order valence-electron chi connectivity index (χ3n) is 4.31. The normalized spacial score (nSPS) is 10.4. The number of ether oxygens (including phenoxy) is 1. The van der Waals surface area contributed by atoms with E-state index >= 15 is 0 Å². The third-order valence-corrected chi connectivity index (χ3v) is 5.24. The molecule has 0 saturated carbocycles. The summed E-state index contributed by atoms with van der Waals surface area (Å²) in [5, 5.41) is 8.16. The van der Waals surface area contributed by atoms with Gasteiger partial charge in [-0.1, -0.05) is 18.2 Å².